The molecule has 0 aliphatic rings. The molecule has 24 heavy (non-hydrogen) atoms. The van der Waals surface area contributed by atoms with E-state index >= 15 is 0 Å². The topological polar surface area (TPSA) is 50.9 Å². The molecule has 0 amide bonds. The summed E-state index contributed by atoms with van der Waals surface area (Å²) in [6.07, 6.45) is -0.997. The van der Waals surface area contributed by atoms with Crippen LogP contribution in [0.1, 0.15) is 11.3 Å². The summed E-state index contributed by atoms with van der Waals surface area (Å²) in [4.78, 5) is 3.89. The van der Waals surface area contributed by atoms with E-state index in [4.69, 9.17) is 5.11 Å². The van der Waals surface area contributed by atoms with Crippen molar-refractivity contribution in [3.63, 3.8) is 0 Å². The Morgan fingerprint density at radius 1 is 1.00 bits per heavy atom. The Morgan fingerprint density at radius 3 is 2.25 bits per heavy atom. The highest BCUT2D eigenvalue weighted by Crippen LogP contribution is 2.33. The first-order chi connectivity index (χ1) is 11.5. The van der Waals surface area contributed by atoms with Crippen molar-refractivity contribution in [3.8, 4) is 16.9 Å². The number of pyridine rings is 1. The van der Waals surface area contributed by atoms with Gasteiger partial charge in [-0.15, -0.1) is 0 Å². The summed E-state index contributed by atoms with van der Waals surface area (Å²) in [5.74, 6) is 0. The minimum absolute atomic E-state index is 0.0155. The molecule has 0 aliphatic heterocycles. The Kier molecular flexibility index (Phi) is 4.35. The van der Waals surface area contributed by atoms with Gasteiger partial charge >= 0.3 is 6.18 Å². The molecular weight excluding hydrogens is 319 g/mol. The van der Waals surface area contributed by atoms with Gasteiger partial charge in [0.25, 0.3) is 0 Å². The Bertz CT molecular complexity index is 811. The van der Waals surface area contributed by atoms with Crippen LogP contribution in [0.4, 0.5) is 13.2 Å². The second-order valence-electron chi connectivity index (χ2n) is 5.20. The number of halogens is 3. The molecule has 1 N–H and O–H groups in total. The van der Waals surface area contributed by atoms with Crippen LogP contribution in [0.5, 0.6) is 0 Å². The lowest BCUT2D eigenvalue weighted by Gasteiger charge is -2.08. The van der Waals surface area contributed by atoms with E-state index < -0.39 is 11.9 Å². The van der Waals surface area contributed by atoms with E-state index in [0.29, 0.717) is 23.4 Å². The third-order valence-corrected chi connectivity index (χ3v) is 3.56. The minimum Gasteiger partial charge on any atom is -0.396 e. The van der Waals surface area contributed by atoms with Crippen LogP contribution < -0.4 is 0 Å². The number of nitrogens with zero attached hydrogens (tertiary/aromatic N) is 3. The van der Waals surface area contributed by atoms with Crippen LogP contribution in [0.3, 0.4) is 0 Å². The highest BCUT2D eigenvalue weighted by Gasteiger charge is 2.35. The molecule has 0 saturated carbocycles. The van der Waals surface area contributed by atoms with Crippen LogP contribution in [0, 0.1) is 0 Å². The lowest BCUT2D eigenvalue weighted by atomic mass is 10.1. The molecule has 7 heteroatoms. The first-order valence-corrected chi connectivity index (χ1v) is 7.27. The van der Waals surface area contributed by atoms with Gasteiger partial charge in [0.05, 0.1) is 11.4 Å². The van der Waals surface area contributed by atoms with Gasteiger partial charge in [-0.05, 0) is 42.3 Å². The normalized spacial score (nSPS) is 11.7. The molecule has 0 atom stereocenters. The number of rotatable bonds is 4. The summed E-state index contributed by atoms with van der Waals surface area (Å²) in [5.41, 5.74) is 1.38. The van der Waals surface area contributed by atoms with Gasteiger partial charge in [-0.1, -0.05) is 12.1 Å². The van der Waals surface area contributed by atoms with Crippen molar-refractivity contribution in [3.05, 3.63) is 66.1 Å². The minimum atomic E-state index is -4.52. The molecule has 0 bridgehead atoms. The van der Waals surface area contributed by atoms with Crippen molar-refractivity contribution in [2.24, 2.45) is 0 Å². The standard InChI is InChI=1S/C17H14F3N3O/c18-17(19,20)16-11-15(13-5-8-21-9-6-13)23(22-16)14-3-1-12(2-4-14)7-10-24/h1-6,8-9,11,24H,7,10H2. The molecule has 124 valence electrons. The Hall–Kier alpha value is -2.67. The second-order valence-corrected chi connectivity index (χ2v) is 5.20. The zero-order valence-corrected chi connectivity index (χ0v) is 12.5. The van der Waals surface area contributed by atoms with Crippen LogP contribution in [-0.4, -0.2) is 26.5 Å². The number of hydrogen-bond donors (Lipinski definition) is 1. The van der Waals surface area contributed by atoms with E-state index in [-0.39, 0.29) is 6.61 Å². The number of benzene rings is 1. The largest absolute Gasteiger partial charge is 0.435 e. The fourth-order valence-corrected chi connectivity index (χ4v) is 2.38. The van der Waals surface area contributed by atoms with Gasteiger partial charge in [-0.3, -0.25) is 4.98 Å². The quantitative estimate of drug-likeness (QED) is 0.795. The SMILES string of the molecule is OCCc1ccc(-n2nc(C(F)(F)F)cc2-c2ccncc2)cc1. The van der Waals surface area contributed by atoms with E-state index in [0.717, 1.165) is 11.6 Å². The van der Waals surface area contributed by atoms with Crippen LogP contribution in [0.2, 0.25) is 0 Å². The molecule has 4 nitrogen and oxygen atoms in total. The number of aliphatic hydroxyl groups excluding tert-OH is 1. The lowest BCUT2D eigenvalue weighted by Crippen LogP contribution is -2.07. The predicted octanol–water partition coefficient (Wildman–Crippen LogP) is 3.49. The number of aromatic nitrogens is 3. The first-order valence-electron chi connectivity index (χ1n) is 7.27. The van der Waals surface area contributed by atoms with Gasteiger partial charge < -0.3 is 5.11 Å². The molecule has 0 spiro atoms. The number of aliphatic hydroxyl groups is 1. The van der Waals surface area contributed by atoms with E-state index in [1.807, 2.05) is 0 Å². The zero-order chi connectivity index (χ0) is 17.2. The van der Waals surface area contributed by atoms with Crippen molar-refractivity contribution >= 4 is 0 Å². The molecule has 0 radical (unpaired) electrons. The van der Waals surface area contributed by atoms with E-state index in [1.54, 1.807) is 36.4 Å². The highest BCUT2D eigenvalue weighted by atomic mass is 19.4. The van der Waals surface area contributed by atoms with Crippen LogP contribution in [-0.2, 0) is 12.6 Å². The van der Waals surface area contributed by atoms with Crippen molar-refractivity contribution in [1.82, 2.24) is 14.8 Å². The molecule has 3 rings (SSSR count). The maximum Gasteiger partial charge on any atom is 0.435 e. The second kappa shape index (κ2) is 6.45. The van der Waals surface area contributed by atoms with Gasteiger partial charge in [-0.2, -0.15) is 18.3 Å². The Balaban J connectivity index is 2.10. The lowest BCUT2D eigenvalue weighted by molar-refractivity contribution is -0.141. The monoisotopic (exact) mass is 333 g/mol. The van der Waals surface area contributed by atoms with Crippen LogP contribution in [0.25, 0.3) is 16.9 Å². The molecule has 0 fully saturated rings. The van der Waals surface area contributed by atoms with E-state index in [9.17, 15) is 13.2 Å². The Morgan fingerprint density at radius 2 is 1.67 bits per heavy atom. The van der Waals surface area contributed by atoms with E-state index in [2.05, 4.69) is 10.1 Å². The summed E-state index contributed by atoms with van der Waals surface area (Å²) >= 11 is 0. The third kappa shape index (κ3) is 3.30. The average Bonchev–Trinajstić information content (AvgIpc) is 3.02. The number of alkyl halides is 3. The van der Waals surface area contributed by atoms with Crippen molar-refractivity contribution < 1.29 is 18.3 Å². The Labute approximate surface area is 136 Å². The summed E-state index contributed by atoms with van der Waals surface area (Å²) in [5, 5.41) is 12.7. The summed E-state index contributed by atoms with van der Waals surface area (Å²) in [6.45, 7) is 0.0155. The maximum atomic E-state index is 13.1. The van der Waals surface area contributed by atoms with Gasteiger partial charge in [0.2, 0.25) is 0 Å². The van der Waals surface area contributed by atoms with Gasteiger partial charge in [0.1, 0.15) is 0 Å². The number of hydrogen-bond acceptors (Lipinski definition) is 3. The molecule has 0 unspecified atom stereocenters. The molecular formula is C17H14F3N3O. The molecule has 2 heterocycles. The van der Waals surface area contributed by atoms with Crippen molar-refractivity contribution in [1.29, 1.82) is 0 Å². The van der Waals surface area contributed by atoms with Crippen molar-refractivity contribution in [2.45, 2.75) is 12.6 Å². The predicted molar refractivity (Wildman–Crippen MR) is 82.6 cm³/mol. The average molecular weight is 333 g/mol. The van der Waals surface area contributed by atoms with Crippen LogP contribution >= 0.6 is 0 Å². The first kappa shape index (κ1) is 16.2. The summed E-state index contributed by atoms with van der Waals surface area (Å²) < 4.78 is 40.4. The van der Waals surface area contributed by atoms with Crippen LogP contribution in [0.15, 0.2) is 54.9 Å². The highest BCUT2D eigenvalue weighted by molar-refractivity contribution is 5.62. The smallest absolute Gasteiger partial charge is 0.396 e. The summed E-state index contributed by atoms with van der Waals surface area (Å²) in [6, 6.07) is 11.2. The molecule has 0 saturated heterocycles. The summed E-state index contributed by atoms with van der Waals surface area (Å²) in [7, 11) is 0. The maximum absolute atomic E-state index is 13.1. The van der Waals surface area contributed by atoms with Gasteiger partial charge in [0.15, 0.2) is 5.69 Å². The molecule has 1 aromatic carbocycles. The fourth-order valence-electron chi connectivity index (χ4n) is 2.38. The molecule has 3 aromatic rings. The van der Waals surface area contributed by atoms with Gasteiger partial charge in [-0.25, -0.2) is 4.68 Å². The molecule has 0 aliphatic carbocycles. The zero-order valence-electron chi connectivity index (χ0n) is 12.5. The van der Waals surface area contributed by atoms with Crippen molar-refractivity contribution in [2.75, 3.05) is 6.61 Å². The molecule has 2 aromatic heterocycles. The van der Waals surface area contributed by atoms with Gasteiger partial charge in [0, 0.05) is 24.6 Å². The third-order valence-electron chi connectivity index (χ3n) is 3.56. The fraction of sp³-hybridized carbons (Fsp3) is 0.176. The van der Waals surface area contributed by atoms with E-state index in [1.165, 1.54) is 17.1 Å².